The molecule has 7 nitrogen and oxygen atoms in total. The van der Waals surface area contributed by atoms with E-state index >= 15 is 0 Å². The van der Waals surface area contributed by atoms with E-state index < -0.39 is 29.1 Å². The van der Waals surface area contributed by atoms with E-state index in [1.54, 1.807) is 4.98 Å². The number of hydrogen-bond acceptors (Lipinski definition) is 5. The van der Waals surface area contributed by atoms with E-state index in [1.165, 1.54) is 14.2 Å². The Kier molecular flexibility index (Phi) is 4.41. The van der Waals surface area contributed by atoms with Gasteiger partial charge >= 0.3 is 5.69 Å². The zero-order valence-electron chi connectivity index (χ0n) is 9.40. The van der Waals surface area contributed by atoms with Gasteiger partial charge in [-0.25, -0.2) is 4.79 Å². The first-order valence-electron chi connectivity index (χ1n) is 4.74. The van der Waals surface area contributed by atoms with Crippen molar-refractivity contribution >= 4 is 0 Å². The highest BCUT2D eigenvalue weighted by Crippen LogP contribution is 2.08. The van der Waals surface area contributed by atoms with Crippen LogP contribution in [0.25, 0.3) is 0 Å². The molecule has 0 aliphatic rings. The normalized spacial score (nSPS) is 12.6. The number of nitrogens with zero attached hydrogens (tertiary/aromatic N) is 1. The molecule has 1 unspecified atom stereocenters. The van der Waals surface area contributed by atoms with Gasteiger partial charge in [0.05, 0.1) is 19.3 Å². The number of halogens is 1. The quantitative estimate of drug-likeness (QED) is 0.700. The molecular weight excluding hydrogens is 235 g/mol. The molecule has 0 aromatic carbocycles. The average molecular weight is 248 g/mol. The van der Waals surface area contributed by atoms with Crippen LogP contribution in [0.15, 0.2) is 9.59 Å². The predicted octanol–water partition coefficient (Wildman–Crippen LogP) is -0.957. The highest BCUT2D eigenvalue weighted by Gasteiger charge is 2.17. The number of hydrogen-bond donors (Lipinski definition) is 2. The lowest BCUT2D eigenvalue weighted by Gasteiger charge is -2.16. The van der Waals surface area contributed by atoms with E-state index in [2.05, 4.69) is 0 Å². The number of aromatic nitrogens is 2. The minimum atomic E-state index is -1.41. The molecule has 1 aromatic rings. The van der Waals surface area contributed by atoms with Gasteiger partial charge in [-0.2, -0.15) is 4.39 Å². The lowest BCUT2D eigenvalue weighted by atomic mass is 10.3. The Balaban J connectivity index is 3.10. The second kappa shape index (κ2) is 5.60. The van der Waals surface area contributed by atoms with Crippen molar-refractivity contribution in [3.05, 3.63) is 26.7 Å². The van der Waals surface area contributed by atoms with Crippen LogP contribution in [0.5, 0.6) is 5.88 Å². The van der Waals surface area contributed by atoms with Crippen molar-refractivity contribution < 1.29 is 19.0 Å². The Morgan fingerprint density at radius 2 is 2.12 bits per heavy atom. The van der Waals surface area contributed by atoms with Crippen molar-refractivity contribution in [2.45, 2.75) is 12.6 Å². The van der Waals surface area contributed by atoms with Crippen molar-refractivity contribution in [2.75, 3.05) is 20.8 Å². The second-order valence-corrected chi connectivity index (χ2v) is 3.32. The summed E-state index contributed by atoms with van der Waals surface area (Å²) >= 11 is 0. The summed E-state index contributed by atoms with van der Waals surface area (Å²) in [7, 11) is 2.82. The monoisotopic (exact) mass is 248 g/mol. The number of nitrogens with one attached hydrogen (secondary N) is 1. The molecule has 96 valence electrons. The van der Waals surface area contributed by atoms with Gasteiger partial charge < -0.3 is 14.6 Å². The van der Waals surface area contributed by atoms with E-state index in [0.717, 1.165) is 0 Å². The molecule has 8 heteroatoms. The summed E-state index contributed by atoms with van der Waals surface area (Å²) < 4.78 is 23.5. The smallest absolute Gasteiger partial charge is 0.331 e. The van der Waals surface area contributed by atoms with Crippen LogP contribution in [0.4, 0.5) is 4.39 Å². The number of aromatic amines is 1. The summed E-state index contributed by atoms with van der Waals surface area (Å²) in [4.78, 5) is 23.9. The molecule has 0 aliphatic heterocycles. The lowest BCUT2D eigenvalue weighted by molar-refractivity contribution is 0.0160. The van der Waals surface area contributed by atoms with Gasteiger partial charge in [-0.15, -0.1) is 0 Å². The molecule has 0 aliphatic carbocycles. The first kappa shape index (κ1) is 13.4. The highest BCUT2D eigenvalue weighted by atomic mass is 19.1. The zero-order chi connectivity index (χ0) is 13.0. The van der Waals surface area contributed by atoms with E-state index in [-0.39, 0.29) is 13.2 Å². The number of ether oxygens (including phenoxy) is 2. The van der Waals surface area contributed by atoms with Crippen LogP contribution >= 0.6 is 0 Å². The van der Waals surface area contributed by atoms with Crippen molar-refractivity contribution in [3.63, 3.8) is 0 Å². The molecule has 0 saturated heterocycles. The van der Waals surface area contributed by atoms with Crippen molar-refractivity contribution in [3.8, 4) is 5.88 Å². The predicted molar refractivity (Wildman–Crippen MR) is 55.6 cm³/mol. The molecule has 0 radical (unpaired) electrons. The fraction of sp³-hybridized carbons (Fsp3) is 0.556. The van der Waals surface area contributed by atoms with Gasteiger partial charge in [-0.3, -0.25) is 14.3 Å². The number of methoxy groups -OCH3 is 2. The SMILES string of the molecule is COCC(Cn1c(O)c(F)c(=O)[nH]c1=O)OC. The summed E-state index contributed by atoms with van der Waals surface area (Å²) in [5.74, 6) is -2.42. The standard InChI is InChI=1S/C9H13FN2O5/c1-16-4-5(17-2)3-12-8(14)6(10)7(13)11-9(12)15/h5,14H,3-4H2,1-2H3,(H,11,13,15). The summed E-state index contributed by atoms with van der Waals surface area (Å²) in [6.07, 6.45) is -0.547. The van der Waals surface area contributed by atoms with Crippen LogP contribution in [-0.2, 0) is 16.0 Å². The number of rotatable bonds is 5. The fourth-order valence-electron chi connectivity index (χ4n) is 1.29. The minimum Gasteiger partial charge on any atom is -0.492 e. The van der Waals surface area contributed by atoms with Gasteiger partial charge in [0.25, 0.3) is 5.56 Å². The molecular formula is C9H13FN2O5. The van der Waals surface area contributed by atoms with Gasteiger partial charge in [-0.1, -0.05) is 0 Å². The second-order valence-electron chi connectivity index (χ2n) is 3.32. The zero-order valence-corrected chi connectivity index (χ0v) is 9.40. The summed E-state index contributed by atoms with van der Waals surface area (Å²) in [6.45, 7) is 0.0197. The maximum absolute atomic E-state index is 13.1. The third-order valence-electron chi connectivity index (χ3n) is 2.19. The van der Waals surface area contributed by atoms with Crippen LogP contribution in [0.3, 0.4) is 0 Å². The average Bonchev–Trinajstić information content (AvgIpc) is 2.30. The maximum atomic E-state index is 13.1. The van der Waals surface area contributed by atoms with Crippen LogP contribution in [0.2, 0.25) is 0 Å². The van der Waals surface area contributed by atoms with E-state index in [9.17, 15) is 19.1 Å². The van der Waals surface area contributed by atoms with Gasteiger partial charge in [-0.05, 0) is 0 Å². The first-order valence-corrected chi connectivity index (χ1v) is 4.74. The summed E-state index contributed by atoms with van der Waals surface area (Å²) in [5, 5.41) is 9.34. The summed E-state index contributed by atoms with van der Waals surface area (Å²) in [5.41, 5.74) is -2.17. The van der Waals surface area contributed by atoms with Crippen LogP contribution in [0, 0.1) is 5.82 Å². The van der Waals surface area contributed by atoms with E-state index in [4.69, 9.17) is 9.47 Å². The maximum Gasteiger partial charge on any atom is 0.331 e. The van der Waals surface area contributed by atoms with Gasteiger partial charge in [0.2, 0.25) is 11.7 Å². The Labute approximate surface area is 95.4 Å². The Hall–Kier alpha value is -1.67. The van der Waals surface area contributed by atoms with Crippen LogP contribution in [0.1, 0.15) is 0 Å². The summed E-state index contributed by atoms with van der Waals surface area (Å²) in [6, 6.07) is 0. The molecule has 1 rings (SSSR count). The number of H-pyrrole nitrogens is 1. The molecule has 1 aromatic heterocycles. The molecule has 0 bridgehead atoms. The minimum absolute atomic E-state index is 0.136. The van der Waals surface area contributed by atoms with Crippen molar-refractivity contribution in [1.29, 1.82) is 0 Å². The molecule has 2 N–H and O–H groups in total. The highest BCUT2D eigenvalue weighted by molar-refractivity contribution is 5.09. The third-order valence-corrected chi connectivity index (χ3v) is 2.19. The molecule has 1 heterocycles. The van der Waals surface area contributed by atoms with E-state index in [1.807, 2.05) is 0 Å². The first-order chi connectivity index (χ1) is 8.01. The largest absolute Gasteiger partial charge is 0.492 e. The molecule has 1 atom stereocenters. The van der Waals surface area contributed by atoms with Gasteiger partial charge in [0, 0.05) is 14.2 Å². The molecule has 17 heavy (non-hydrogen) atoms. The lowest BCUT2D eigenvalue weighted by Crippen LogP contribution is -2.36. The Morgan fingerprint density at radius 1 is 1.47 bits per heavy atom. The topological polar surface area (TPSA) is 93.5 Å². The van der Waals surface area contributed by atoms with Gasteiger partial charge in [0.1, 0.15) is 0 Å². The van der Waals surface area contributed by atoms with E-state index in [0.29, 0.717) is 4.57 Å². The fourth-order valence-corrected chi connectivity index (χ4v) is 1.29. The number of aromatic hydroxyl groups is 1. The Morgan fingerprint density at radius 3 is 2.65 bits per heavy atom. The van der Waals surface area contributed by atoms with Crippen molar-refractivity contribution in [2.24, 2.45) is 0 Å². The molecule has 0 spiro atoms. The Bertz CT molecular complexity index is 495. The molecule has 0 fully saturated rings. The molecule has 0 amide bonds. The van der Waals surface area contributed by atoms with Crippen LogP contribution < -0.4 is 11.2 Å². The van der Waals surface area contributed by atoms with Crippen LogP contribution in [-0.4, -0.2) is 41.6 Å². The van der Waals surface area contributed by atoms with Gasteiger partial charge in [0.15, 0.2) is 0 Å². The molecule has 0 saturated carbocycles. The van der Waals surface area contributed by atoms with Crippen molar-refractivity contribution in [1.82, 2.24) is 9.55 Å². The third kappa shape index (κ3) is 2.92.